The molecule has 0 spiro atoms. The molecule has 3 heterocycles. The minimum Gasteiger partial charge on any atom is -0.354 e. The van der Waals surface area contributed by atoms with Crippen LogP contribution in [0.3, 0.4) is 0 Å². The number of likely N-dealkylation sites (N-methyl/N-ethyl adjacent to an activating group) is 1. The first-order chi connectivity index (χ1) is 15.4. The summed E-state index contributed by atoms with van der Waals surface area (Å²) in [6, 6.07) is 9.83. The second kappa shape index (κ2) is 9.10. The summed E-state index contributed by atoms with van der Waals surface area (Å²) in [7, 11) is 2.10. The molecular formula is C21H24N8O3. The van der Waals surface area contributed by atoms with Gasteiger partial charge in [0.05, 0.1) is 16.3 Å². The molecule has 0 radical (unpaired) electrons. The molecule has 11 nitrogen and oxygen atoms in total. The second-order valence-corrected chi connectivity index (χ2v) is 7.67. The van der Waals surface area contributed by atoms with E-state index in [1.54, 1.807) is 25.3 Å². The molecule has 166 valence electrons. The minimum absolute atomic E-state index is 0.0589. The van der Waals surface area contributed by atoms with E-state index in [0.717, 1.165) is 37.6 Å². The van der Waals surface area contributed by atoms with E-state index >= 15 is 0 Å². The summed E-state index contributed by atoms with van der Waals surface area (Å²) in [5, 5.41) is 22.0. The number of nitro groups is 1. The quantitative estimate of drug-likeness (QED) is 0.456. The molecule has 1 amide bonds. The first-order valence-electron chi connectivity index (χ1n) is 10.3. The zero-order valence-corrected chi connectivity index (χ0v) is 17.9. The number of carbonyl (C=O) groups is 1. The zero-order chi connectivity index (χ0) is 22.7. The van der Waals surface area contributed by atoms with Crippen LogP contribution >= 0.6 is 0 Å². The summed E-state index contributed by atoms with van der Waals surface area (Å²) in [6.07, 6.45) is 1.76. The highest BCUT2D eigenvalue weighted by atomic mass is 16.6. The van der Waals surface area contributed by atoms with Gasteiger partial charge in [-0.25, -0.2) is 9.67 Å². The van der Waals surface area contributed by atoms with Gasteiger partial charge in [0.25, 0.3) is 11.6 Å². The SMILES string of the molecule is Cc1c(C(=O)NCc2cccnc2N2CCN(C)CC2)nnn1-c1cccc([N+](=O)[O-])c1. The number of hydrogen-bond donors (Lipinski definition) is 1. The number of nitrogens with zero attached hydrogens (tertiary/aromatic N) is 7. The van der Waals surface area contributed by atoms with Crippen molar-refractivity contribution in [1.29, 1.82) is 0 Å². The molecular weight excluding hydrogens is 412 g/mol. The van der Waals surface area contributed by atoms with Crippen LogP contribution in [0.4, 0.5) is 11.5 Å². The Morgan fingerprint density at radius 1 is 1.19 bits per heavy atom. The molecule has 3 aromatic rings. The molecule has 0 saturated carbocycles. The van der Waals surface area contributed by atoms with Gasteiger partial charge >= 0.3 is 0 Å². The molecule has 32 heavy (non-hydrogen) atoms. The molecule has 1 N–H and O–H groups in total. The van der Waals surface area contributed by atoms with Crippen molar-refractivity contribution in [3.63, 3.8) is 0 Å². The molecule has 11 heteroatoms. The van der Waals surface area contributed by atoms with Gasteiger partial charge < -0.3 is 15.1 Å². The Morgan fingerprint density at radius 2 is 1.97 bits per heavy atom. The van der Waals surface area contributed by atoms with Gasteiger partial charge in [-0.2, -0.15) is 0 Å². The number of carbonyl (C=O) groups excluding carboxylic acids is 1. The molecule has 4 rings (SSSR count). The number of pyridine rings is 1. The number of amides is 1. The number of piperazine rings is 1. The highest BCUT2D eigenvalue weighted by molar-refractivity contribution is 5.93. The van der Waals surface area contributed by atoms with Crippen LogP contribution in [0.2, 0.25) is 0 Å². The van der Waals surface area contributed by atoms with Gasteiger partial charge in [0.2, 0.25) is 0 Å². The van der Waals surface area contributed by atoms with E-state index in [1.165, 1.54) is 16.8 Å². The highest BCUT2D eigenvalue weighted by Gasteiger charge is 2.21. The van der Waals surface area contributed by atoms with Crippen molar-refractivity contribution in [2.45, 2.75) is 13.5 Å². The van der Waals surface area contributed by atoms with E-state index in [-0.39, 0.29) is 17.3 Å². The van der Waals surface area contributed by atoms with E-state index in [0.29, 0.717) is 17.9 Å². The lowest BCUT2D eigenvalue weighted by Crippen LogP contribution is -2.45. The lowest BCUT2D eigenvalue weighted by atomic mass is 10.2. The fraction of sp³-hybridized carbons (Fsp3) is 0.333. The van der Waals surface area contributed by atoms with Crippen molar-refractivity contribution >= 4 is 17.4 Å². The Bertz CT molecular complexity index is 1140. The molecule has 0 aliphatic carbocycles. The Balaban J connectivity index is 1.48. The summed E-state index contributed by atoms with van der Waals surface area (Å²) in [6.45, 7) is 5.69. The summed E-state index contributed by atoms with van der Waals surface area (Å²) in [5.74, 6) is 0.505. The highest BCUT2D eigenvalue weighted by Crippen LogP contribution is 2.20. The molecule has 2 aromatic heterocycles. The van der Waals surface area contributed by atoms with Gasteiger partial charge in [0, 0.05) is 56.6 Å². The number of nitrogens with one attached hydrogen (secondary N) is 1. The van der Waals surface area contributed by atoms with Gasteiger partial charge in [0.15, 0.2) is 5.69 Å². The third kappa shape index (κ3) is 4.42. The Kier molecular flexibility index (Phi) is 6.08. The smallest absolute Gasteiger partial charge is 0.274 e. The van der Waals surface area contributed by atoms with Crippen molar-refractivity contribution in [2.24, 2.45) is 0 Å². The van der Waals surface area contributed by atoms with Crippen molar-refractivity contribution in [1.82, 2.24) is 30.2 Å². The maximum Gasteiger partial charge on any atom is 0.274 e. The summed E-state index contributed by atoms with van der Waals surface area (Å²) in [5.41, 5.74) is 1.99. The van der Waals surface area contributed by atoms with Crippen LogP contribution in [-0.2, 0) is 6.54 Å². The predicted molar refractivity (Wildman–Crippen MR) is 118 cm³/mol. The number of anilines is 1. The molecule has 0 atom stereocenters. The van der Waals surface area contributed by atoms with E-state index in [4.69, 9.17) is 0 Å². The monoisotopic (exact) mass is 436 g/mol. The number of hydrogen-bond acceptors (Lipinski definition) is 8. The normalized spacial score (nSPS) is 14.4. The third-order valence-corrected chi connectivity index (χ3v) is 5.50. The largest absolute Gasteiger partial charge is 0.354 e. The lowest BCUT2D eigenvalue weighted by molar-refractivity contribution is -0.384. The average molecular weight is 436 g/mol. The average Bonchev–Trinajstić information content (AvgIpc) is 3.19. The third-order valence-electron chi connectivity index (χ3n) is 5.50. The second-order valence-electron chi connectivity index (χ2n) is 7.67. The van der Waals surface area contributed by atoms with Crippen LogP contribution in [-0.4, -0.2) is 68.9 Å². The van der Waals surface area contributed by atoms with Crippen LogP contribution in [0.5, 0.6) is 0 Å². The fourth-order valence-electron chi connectivity index (χ4n) is 3.65. The predicted octanol–water partition coefficient (Wildman–Crippen LogP) is 1.56. The first-order valence-corrected chi connectivity index (χ1v) is 10.3. The number of non-ortho nitro benzene ring substituents is 1. The van der Waals surface area contributed by atoms with Crippen LogP contribution in [0.1, 0.15) is 21.7 Å². The molecule has 1 aliphatic heterocycles. The molecule has 1 fully saturated rings. The summed E-state index contributed by atoms with van der Waals surface area (Å²) in [4.78, 5) is 32.4. The van der Waals surface area contributed by atoms with Crippen molar-refractivity contribution < 1.29 is 9.72 Å². The van der Waals surface area contributed by atoms with Gasteiger partial charge in [0.1, 0.15) is 5.82 Å². The number of rotatable bonds is 6. The number of nitro benzene ring substituents is 1. The number of benzene rings is 1. The topological polar surface area (TPSA) is 122 Å². The Labute approximate surface area is 184 Å². The maximum absolute atomic E-state index is 12.8. The van der Waals surface area contributed by atoms with Crippen LogP contribution in [0, 0.1) is 17.0 Å². The maximum atomic E-state index is 12.8. The van der Waals surface area contributed by atoms with Crippen molar-refractivity contribution in [2.75, 3.05) is 38.1 Å². The molecule has 0 unspecified atom stereocenters. The van der Waals surface area contributed by atoms with E-state index < -0.39 is 4.92 Å². The van der Waals surface area contributed by atoms with E-state index in [1.807, 2.05) is 12.1 Å². The first kappa shape index (κ1) is 21.4. The van der Waals surface area contributed by atoms with Crippen LogP contribution in [0.25, 0.3) is 5.69 Å². The molecule has 1 aliphatic rings. The summed E-state index contributed by atoms with van der Waals surface area (Å²) >= 11 is 0. The van der Waals surface area contributed by atoms with Gasteiger partial charge in [-0.1, -0.05) is 17.3 Å². The molecule has 1 aromatic carbocycles. The zero-order valence-electron chi connectivity index (χ0n) is 17.9. The Morgan fingerprint density at radius 3 is 2.72 bits per heavy atom. The fourth-order valence-corrected chi connectivity index (χ4v) is 3.65. The van der Waals surface area contributed by atoms with Crippen LogP contribution < -0.4 is 10.2 Å². The van der Waals surface area contributed by atoms with E-state index in [2.05, 4.69) is 37.5 Å². The van der Waals surface area contributed by atoms with Gasteiger partial charge in [-0.05, 0) is 26.1 Å². The number of aromatic nitrogens is 4. The lowest BCUT2D eigenvalue weighted by Gasteiger charge is -2.34. The summed E-state index contributed by atoms with van der Waals surface area (Å²) < 4.78 is 1.42. The van der Waals surface area contributed by atoms with Gasteiger partial charge in [-0.15, -0.1) is 5.10 Å². The van der Waals surface area contributed by atoms with Crippen LogP contribution in [0.15, 0.2) is 42.6 Å². The standard InChI is InChI=1S/C21H24N8O3/c1-15-19(24-25-28(15)17-6-3-7-18(13-17)29(31)32)21(30)23-14-16-5-4-8-22-20(16)27-11-9-26(2)10-12-27/h3-8,13H,9-12,14H2,1-2H3,(H,23,30). The van der Waals surface area contributed by atoms with Crippen molar-refractivity contribution in [3.05, 3.63) is 69.7 Å². The van der Waals surface area contributed by atoms with E-state index in [9.17, 15) is 14.9 Å². The molecule has 0 bridgehead atoms. The molecule has 1 saturated heterocycles. The van der Waals surface area contributed by atoms with Crippen molar-refractivity contribution in [3.8, 4) is 5.69 Å². The Hall–Kier alpha value is -3.86. The van der Waals surface area contributed by atoms with Gasteiger partial charge in [-0.3, -0.25) is 14.9 Å². The minimum atomic E-state index is -0.477.